The molecule has 0 aliphatic heterocycles. The van der Waals surface area contributed by atoms with Gasteiger partial charge in [0.15, 0.2) is 9.49 Å². The number of non-ortho nitro benzene ring substituents is 1. The average molecular weight is 351 g/mol. The molecule has 1 heterocycles. The first-order chi connectivity index (χ1) is 9.45. The van der Waals surface area contributed by atoms with E-state index >= 15 is 0 Å². The van der Waals surface area contributed by atoms with Gasteiger partial charge in [-0.3, -0.25) is 10.1 Å². The van der Waals surface area contributed by atoms with Crippen LogP contribution in [0, 0.1) is 10.1 Å². The van der Waals surface area contributed by atoms with Gasteiger partial charge in [-0.15, -0.1) is 0 Å². The van der Waals surface area contributed by atoms with Crippen molar-refractivity contribution in [2.75, 3.05) is 0 Å². The van der Waals surface area contributed by atoms with Crippen molar-refractivity contribution < 1.29 is 14.5 Å². The van der Waals surface area contributed by atoms with Crippen molar-refractivity contribution in [3.05, 3.63) is 43.9 Å². The van der Waals surface area contributed by atoms with Gasteiger partial charge in [0.1, 0.15) is 10.1 Å². The van der Waals surface area contributed by atoms with Crippen molar-refractivity contribution in [3.63, 3.8) is 0 Å². The molecule has 0 saturated heterocycles. The third kappa shape index (κ3) is 3.83. The van der Waals surface area contributed by atoms with E-state index in [0.717, 1.165) is 23.1 Å². The summed E-state index contributed by atoms with van der Waals surface area (Å²) in [5, 5.41) is 9.96. The second kappa shape index (κ2) is 6.40. The first-order valence-corrected chi connectivity index (χ1v) is 7.30. The van der Waals surface area contributed by atoms with Gasteiger partial charge in [0.2, 0.25) is 0 Å². The van der Waals surface area contributed by atoms with Gasteiger partial charge in [-0.1, -0.05) is 34.5 Å². The van der Waals surface area contributed by atoms with Gasteiger partial charge < -0.3 is 4.74 Å². The number of carbonyl (C=O) groups excluding carboxylic acids is 1. The Morgan fingerprint density at radius 3 is 2.50 bits per heavy atom. The quantitative estimate of drug-likeness (QED) is 0.346. The highest BCUT2D eigenvalue weighted by atomic mass is 35.5. The van der Waals surface area contributed by atoms with Gasteiger partial charge in [0, 0.05) is 23.9 Å². The lowest BCUT2D eigenvalue weighted by Crippen LogP contribution is -2.00. The summed E-state index contributed by atoms with van der Waals surface area (Å²) in [5.74, 6) is 0.196. The van der Waals surface area contributed by atoms with Gasteiger partial charge in [-0.2, -0.15) is 0 Å². The third-order valence-corrected chi connectivity index (χ3v) is 4.50. The number of benzene rings is 1. The minimum atomic E-state index is -0.638. The SMILES string of the molecule is O=C(Oc1ccc([N+](=O)[O-])cc1)Sc1nc(Cl)c(Cl)s1. The average Bonchev–Trinajstić information content (AvgIpc) is 2.68. The molecule has 10 heteroatoms. The van der Waals surface area contributed by atoms with E-state index in [1.807, 2.05) is 0 Å². The van der Waals surface area contributed by atoms with E-state index in [4.69, 9.17) is 27.9 Å². The maximum Gasteiger partial charge on any atom is 0.379 e. The minimum absolute atomic E-state index is 0.0871. The van der Waals surface area contributed by atoms with Crippen molar-refractivity contribution >= 4 is 57.3 Å². The maximum atomic E-state index is 11.6. The second-order valence-corrected chi connectivity index (χ2v) is 6.39. The zero-order chi connectivity index (χ0) is 14.7. The standard InChI is InChI=1S/C10H4Cl2N2O4S2/c11-7-8(12)19-9(13-7)20-10(15)18-6-3-1-5(2-4-6)14(16)17/h1-4H. The lowest BCUT2D eigenvalue weighted by molar-refractivity contribution is -0.384. The third-order valence-electron chi connectivity index (χ3n) is 1.95. The Balaban J connectivity index is 1.99. The zero-order valence-electron chi connectivity index (χ0n) is 9.41. The first kappa shape index (κ1) is 15.0. The Labute approximate surface area is 130 Å². The van der Waals surface area contributed by atoms with E-state index in [-0.39, 0.29) is 20.9 Å². The Bertz CT molecular complexity index is 640. The minimum Gasteiger partial charge on any atom is -0.418 e. The number of aromatic nitrogens is 1. The van der Waals surface area contributed by atoms with Crippen LogP contribution in [0.2, 0.25) is 9.49 Å². The van der Waals surface area contributed by atoms with Crippen molar-refractivity contribution in [2.24, 2.45) is 0 Å². The molecule has 2 rings (SSSR count). The van der Waals surface area contributed by atoms with Gasteiger partial charge >= 0.3 is 5.30 Å². The second-order valence-electron chi connectivity index (χ2n) is 3.25. The van der Waals surface area contributed by atoms with E-state index in [9.17, 15) is 14.9 Å². The summed E-state index contributed by atoms with van der Waals surface area (Å²) in [5.41, 5.74) is -0.0871. The fourth-order valence-corrected chi connectivity index (χ4v) is 3.29. The van der Waals surface area contributed by atoms with Crippen LogP contribution in [0.15, 0.2) is 28.6 Å². The maximum absolute atomic E-state index is 11.6. The number of rotatable bonds is 3. The van der Waals surface area contributed by atoms with Crippen LogP contribution < -0.4 is 4.74 Å². The largest absolute Gasteiger partial charge is 0.418 e. The molecule has 0 bridgehead atoms. The molecule has 0 spiro atoms. The summed E-state index contributed by atoms with van der Waals surface area (Å²) >= 11 is 13.2. The van der Waals surface area contributed by atoms with Crippen LogP contribution in [0.5, 0.6) is 5.75 Å². The predicted molar refractivity (Wildman–Crippen MR) is 77.1 cm³/mol. The van der Waals surface area contributed by atoms with Crippen LogP contribution in [0.4, 0.5) is 10.5 Å². The Kier molecular flexibility index (Phi) is 4.81. The molecule has 20 heavy (non-hydrogen) atoms. The van der Waals surface area contributed by atoms with E-state index in [0.29, 0.717) is 4.34 Å². The molecule has 0 aliphatic rings. The predicted octanol–water partition coefficient (Wildman–Crippen LogP) is 4.65. The van der Waals surface area contributed by atoms with Gasteiger partial charge in [-0.05, 0) is 12.1 Å². The molecule has 0 aliphatic carbocycles. The normalized spacial score (nSPS) is 10.3. The molecular weight excluding hydrogens is 347 g/mol. The first-order valence-electron chi connectivity index (χ1n) is 4.91. The van der Waals surface area contributed by atoms with Crippen molar-refractivity contribution in [1.82, 2.24) is 4.98 Å². The lowest BCUT2D eigenvalue weighted by Gasteiger charge is -2.01. The van der Waals surface area contributed by atoms with Crippen molar-refractivity contribution in [1.29, 1.82) is 0 Å². The zero-order valence-corrected chi connectivity index (χ0v) is 12.6. The number of nitro groups is 1. The number of ether oxygens (including phenoxy) is 1. The Morgan fingerprint density at radius 2 is 2.00 bits per heavy atom. The molecule has 104 valence electrons. The number of carbonyl (C=O) groups is 1. The molecule has 0 atom stereocenters. The van der Waals surface area contributed by atoms with Crippen molar-refractivity contribution in [2.45, 2.75) is 4.34 Å². The molecule has 0 unspecified atom stereocenters. The summed E-state index contributed by atoms with van der Waals surface area (Å²) in [6, 6.07) is 5.14. The number of halogens is 2. The van der Waals surface area contributed by atoms with Crippen LogP contribution in [0.3, 0.4) is 0 Å². The fraction of sp³-hybridized carbons (Fsp3) is 0. The van der Waals surface area contributed by atoms with E-state index < -0.39 is 10.2 Å². The highest BCUT2D eigenvalue weighted by Gasteiger charge is 2.14. The van der Waals surface area contributed by atoms with Gasteiger partial charge in [-0.25, -0.2) is 9.78 Å². The topological polar surface area (TPSA) is 82.3 Å². The summed E-state index contributed by atoms with van der Waals surface area (Å²) in [6.07, 6.45) is 0. The molecule has 1 aromatic heterocycles. The highest BCUT2D eigenvalue weighted by molar-refractivity contribution is 8.14. The molecule has 6 nitrogen and oxygen atoms in total. The number of nitro benzene ring substituents is 1. The molecule has 0 saturated carbocycles. The number of thiazole rings is 1. The van der Waals surface area contributed by atoms with E-state index in [1.165, 1.54) is 24.3 Å². The van der Waals surface area contributed by atoms with Crippen LogP contribution >= 0.6 is 46.3 Å². The number of nitrogens with zero attached hydrogens (tertiary/aromatic N) is 2. The molecule has 0 fully saturated rings. The molecule has 2 aromatic rings. The number of thioether (sulfide) groups is 1. The number of hydrogen-bond acceptors (Lipinski definition) is 7. The molecular formula is C10H4Cl2N2O4S2. The number of hydrogen-bond donors (Lipinski definition) is 0. The van der Waals surface area contributed by atoms with Crippen LogP contribution in [0.25, 0.3) is 0 Å². The van der Waals surface area contributed by atoms with Gasteiger partial charge in [0.05, 0.1) is 4.92 Å². The smallest absolute Gasteiger partial charge is 0.379 e. The Morgan fingerprint density at radius 1 is 1.35 bits per heavy atom. The van der Waals surface area contributed by atoms with E-state index in [1.54, 1.807) is 0 Å². The summed E-state index contributed by atoms with van der Waals surface area (Å²) in [4.78, 5) is 25.4. The fourth-order valence-electron chi connectivity index (χ4n) is 1.13. The van der Waals surface area contributed by atoms with Crippen LogP contribution in [-0.2, 0) is 0 Å². The highest BCUT2D eigenvalue weighted by Crippen LogP contribution is 2.34. The Hall–Kier alpha value is -1.35. The molecule has 0 amide bonds. The molecule has 1 aromatic carbocycles. The van der Waals surface area contributed by atoms with Crippen molar-refractivity contribution in [3.8, 4) is 5.75 Å². The summed E-state index contributed by atoms with van der Waals surface area (Å²) in [6.45, 7) is 0. The van der Waals surface area contributed by atoms with Gasteiger partial charge in [0.25, 0.3) is 5.69 Å². The summed E-state index contributed by atoms with van der Waals surface area (Å²) in [7, 11) is 0. The molecule has 0 N–H and O–H groups in total. The van der Waals surface area contributed by atoms with E-state index in [2.05, 4.69) is 4.98 Å². The van der Waals surface area contributed by atoms with Crippen LogP contribution in [-0.4, -0.2) is 15.2 Å². The summed E-state index contributed by atoms with van der Waals surface area (Å²) < 4.78 is 5.63. The van der Waals surface area contributed by atoms with Crippen LogP contribution in [0.1, 0.15) is 0 Å². The molecule has 0 radical (unpaired) electrons. The lowest BCUT2D eigenvalue weighted by atomic mass is 10.3. The monoisotopic (exact) mass is 350 g/mol.